The van der Waals surface area contributed by atoms with Gasteiger partial charge in [0.05, 0.1) is 6.61 Å². The number of aromatic nitrogens is 2. The van der Waals surface area contributed by atoms with Gasteiger partial charge in [-0.1, -0.05) is 32.6 Å². The van der Waals surface area contributed by atoms with Gasteiger partial charge in [0.1, 0.15) is 12.2 Å². The summed E-state index contributed by atoms with van der Waals surface area (Å²) in [7, 11) is 0. The van der Waals surface area contributed by atoms with E-state index in [1.54, 1.807) is 6.92 Å². The summed E-state index contributed by atoms with van der Waals surface area (Å²) in [5.74, 6) is -0.621. The number of hydrogen-bond donors (Lipinski definition) is 0. The lowest BCUT2D eigenvalue weighted by molar-refractivity contribution is -0.389. The van der Waals surface area contributed by atoms with Gasteiger partial charge in [0.2, 0.25) is 6.33 Å². The molecule has 0 amide bonds. The van der Waals surface area contributed by atoms with Crippen molar-refractivity contribution in [2.24, 2.45) is 0 Å². The molecular formula is C13H21N3O4. The van der Waals surface area contributed by atoms with E-state index < -0.39 is 11.0 Å². The average Bonchev–Trinajstić information content (AvgIpc) is 2.88. The summed E-state index contributed by atoms with van der Waals surface area (Å²) in [5, 5.41) is 10.6. The minimum Gasteiger partial charge on any atom is -0.464 e. The summed E-state index contributed by atoms with van der Waals surface area (Å²) in [4.78, 5) is 25.7. The molecule has 0 aliphatic rings. The van der Waals surface area contributed by atoms with Gasteiger partial charge in [-0.05, 0) is 23.3 Å². The standard InChI is InChI=1S/C13H21N3O4/c1-3-5-6-7-8-11(13(17)20-4-2)15-9-12(14-10-15)16(18)19/h9-11H,3-8H2,1-2H3. The molecule has 7 heteroatoms. The Labute approximate surface area is 118 Å². The minimum atomic E-state index is -0.574. The highest BCUT2D eigenvalue weighted by molar-refractivity contribution is 5.74. The zero-order valence-corrected chi connectivity index (χ0v) is 11.9. The maximum Gasteiger partial charge on any atom is 0.381 e. The van der Waals surface area contributed by atoms with Crippen molar-refractivity contribution in [3.8, 4) is 0 Å². The third-order valence-corrected chi connectivity index (χ3v) is 3.02. The molecule has 20 heavy (non-hydrogen) atoms. The van der Waals surface area contributed by atoms with Gasteiger partial charge >= 0.3 is 11.8 Å². The third-order valence-electron chi connectivity index (χ3n) is 3.02. The van der Waals surface area contributed by atoms with E-state index in [-0.39, 0.29) is 11.8 Å². The minimum absolute atomic E-state index is 0.257. The number of imidazole rings is 1. The summed E-state index contributed by atoms with van der Waals surface area (Å²) in [6, 6.07) is -0.534. The van der Waals surface area contributed by atoms with E-state index in [0.717, 1.165) is 25.7 Å². The van der Waals surface area contributed by atoms with Crippen LogP contribution < -0.4 is 0 Å². The molecule has 1 aromatic heterocycles. The maximum atomic E-state index is 11.9. The van der Waals surface area contributed by atoms with Crippen LogP contribution in [0.2, 0.25) is 0 Å². The summed E-state index contributed by atoms with van der Waals surface area (Å²) in [6.45, 7) is 4.14. The van der Waals surface area contributed by atoms with Gasteiger partial charge in [0.25, 0.3) is 0 Å². The highest BCUT2D eigenvalue weighted by Crippen LogP contribution is 2.20. The smallest absolute Gasteiger partial charge is 0.381 e. The molecule has 0 aliphatic heterocycles. The topological polar surface area (TPSA) is 87.3 Å². The van der Waals surface area contributed by atoms with Crippen LogP contribution >= 0.6 is 0 Å². The lowest BCUT2D eigenvalue weighted by Gasteiger charge is -2.15. The Bertz CT molecular complexity index is 445. The highest BCUT2D eigenvalue weighted by atomic mass is 16.6. The molecule has 0 radical (unpaired) electrons. The second kappa shape index (κ2) is 8.29. The van der Waals surface area contributed by atoms with Gasteiger partial charge in [0, 0.05) is 0 Å². The Morgan fingerprint density at radius 1 is 1.45 bits per heavy atom. The first kappa shape index (κ1) is 16.1. The summed E-state index contributed by atoms with van der Waals surface area (Å²) in [6.07, 6.45) is 7.33. The van der Waals surface area contributed by atoms with Crippen LogP contribution in [-0.2, 0) is 9.53 Å². The lowest BCUT2D eigenvalue weighted by Crippen LogP contribution is -2.21. The number of rotatable bonds is 9. The number of nitrogens with zero attached hydrogens (tertiary/aromatic N) is 3. The van der Waals surface area contributed by atoms with Crippen LogP contribution in [0.5, 0.6) is 0 Å². The molecular weight excluding hydrogens is 262 g/mol. The van der Waals surface area contributed by atoms with E-state index in [9.17, 15) is 14.9 Å². The van der Waals surface area contributed by atoms with Crippen molar-refractivity contribution < 1.29 is 14.5 Å². The quantitative estimate of drug-likeness (QED) is 0.301. The van der Waals surface area contributed by atoms with Gasteiger partial charge in [-0.3, -0.25) is 4.57 Å². The van der Waals surface area contributed by atoms with E-state index in [4.69, 9.17) is 4.74 Å². The number of hydrogen-bond acceptors (Lipinski definition) is 5. The van der Waals surface area contributed by atoms with Crippen molar-refractivity contribution in [1.82, 2.24) is 9.55 Å². The molecule has 1 heterocycles. The van der Waals surface area contributed by atoms with Crippen LogP contribution in [-0.4, -0.2) is 27.1 Å². The molecule has 7 nitrogen and oxygen atoms in total. The molecule has 0 bridgehead atoms. The van der Waals surface area contributed by atoms with Crippen LogP contribution in [0.25, 0.3) is 0 Å². The molecule has 0 N–H and O–H groups in total. The van der Waals surface area contributed by atoms with E-state index in [0.29, 0.717) is 13.0 Å². The number of carbonyl (C=O) groups is 1. The van der Waals surface area contributed by atoms with Crippen LogP contribution in [0.3, 0.4) is 0 Å². The highest BCUT2D eigenvalue weighted by Gasteiger charge is 2.24. The summed E-state index contributed by atoms with van der Waals surface area (Å²) in [5.41, 5.74) is 0. The van der Waals surface area contributed by atoms with Gasteiger partial charge < -0.3 is 14.9 Å². The maximum absolute atomic E-state index is 11.9. The molecule has 1 aromatic rings. The van der Waals surface area contributed by atoms with E-state index in [1.165, 1.54) is 17.1 Å². The summed E-state index contributed by atoms with van der Waals surface area (Å²) < 4.78 is 6.50. The fourth-order valence-corrected chi connectivity index (χ4v) is 1.98. The second-order valence-corrected chi connectivity index (χ2v) is 4.55. The molecule has 0 fully saturated rings. The zero-order valence-electron chi connectivity index (χ0n) is 11.9. The molecule has 0 spiro atoms. The Morgan fingerprint density at radius 2 is 2.20 bits per heavy atom. The Hall–Kier alpha value is -1.92. The third kappa shape index (κ3) is 4.64. The molecule has 1 unspecified atom stereocenters. The van der Waals surface area contributed by atoms with Crippen LogP contribution in [0.1, 0.15) is 52.0 Å². The normalized spacial score (nSPS) is 12.1. The fraction of sp³-hybridized carbons (Fsp3) is 0.692. The predicted molar refractivity (Wildman–Crippen MR) is 73.3 cm³/mol. The molecule has 1 rings (SSSR count). The van der Waals surface area contributed by atoms with Crippen LogP contribution in [0.15, 0.2) is 12.5 Å². The number of carbonyl (C=O) groups excluding carboxylic acids is 1. The Balaban J connectivity index is 2.74. The summed E-state index contributed by atoms with van der Waals surface area (Å²) >= 11 is 0. The molecule has 112 valence electrons. The van der Waals surface area contributed by atoms with Crippen LogP contribution in [0, 0.1) is 10.1 Å². The van der Waals surface area contributed by atoms with Crippen molar-refractivity contribution in [3.63, 3.8) is 0 Å². The van der Waals surface area contributed by atoms with Gasteiger partial charge in [-0.15, -0.1) is 0 Å². The molecule has 0 aliphatic carbocycles. The molecule has 0 aromatic carbocycles. The van der Waals surface area contributed by atoms with Crippen molar-refractivity contribution in [1.29, 1.82) is 0 Å². The number of esters is 1. The van der Waals surface area contributed by atoms with Crippen molar-refractivity contribution >= 4 is 11.8 Å². The largest absolute Gasteiger partial charge is 0.464 e. The average molecular weight is 283 g/mol. The second-order valence-electron chi connectivity index (χ2n) is 4.55. The zero-order chi connectivity index (χ0) is 15.0. The fourth-order valence-electron chi connectivity index (χ4n) is 1.98. The van der Waals surface area contributed by atoms with E-state index in [1.807, 2.05) is 0 Å². The van der Waals surface area contributed by atoms with E-state index >= 15 is 0 Å². The Kier molecular flexibility index (Phi) is 6.69. The molecule has 0 saturated heterocycles. The van der Waals surface area contributed by atoms with Crippen molar-refractivity contribution in [3.05, 3.63) is 22.6 Å². The van der Waals surface area contributed by atoms with E-state index in [2.05, 4.69) is 11.9 Å². The van der Waals surface area contributed by atoms with Crippen LogP contribution in [0.4, 0.5) is 5.82 Å². The van der Waals surface area contributed by atoms with Gasteiger partial charge in [-0.25, -0.2) is 4.79 Å². The SMILES string of the molecule is CCCCCCC(C(=O)OCC)n1cnc([N+](=O)[O-])c1. The van der Waals surface area contributed by atoms with Gasteiger partial charge in [0.15, 0.2) is 0 Å². The lowest BCUT2D eigenvalue weighted by atomic mass is 10.1. The molecule has 0 saturated carbocycles. The van der Waals surface area contributed by atoms with Crippen molar-refractivity contribution in [2.75, 3.05) is 6.61 Å². The monoisotopic (exact) mass is 283 g/mol. The molecule has 1 atom stereocenters. The number of unbranched alkanes of at least 4 members (excludes halogenated alkanes) is 3. The van der Waals surface area contributed by atoms with Crippen molar-refractivity contribution in [2.45, 2.75) is 52.0 Å². The predicted octanol–water partition coefficient (Wildman–Crippen LogP) is 2.87. The Morgan fingerprint density at radius 3 is 2.75 bits per heavy atom. The first-order valence-corrected chi connectivity index (χ1v) is 6.94. The first-order valence-electron chi connectivity index (χ1n) is 6.94. The van der Waals surface area contributed by atoms with Gasteiger partial charge in [-0.2, -0.15) is 0 Å². The first-order chi connectivity index (χ1) is 9.60. The number of ether oxygens (including phenoxy) is 1. The number of nitro groups is 1.